The Morgan fingerprint density at radius 2 is 2.00 bits per heavy atom. The number of ketones is 1. The van der Waals surface area contributed by atoms with Crippen molar-refractivity contribution in [1.82, 2.24) is 15.5 Å². The largest absolute Gasteiger partial charge is 0.372 e. The number of anilines is 1. The summed E-state index contributed by atoms with van der Waals surface area (Å²) in [5, 5.41) is 6.60. The highest BCUT2D eigenvalue weighted by Gasteiger charge is 2.62. The average molecular weight is 450 g/mol. The van der Waals surface area contributed by atoms with Gasteiger partial charge < -0.3 is 14.2 Å². The number of nitrogens with one attached hydrogen (secondary N) is 1. The summed E-state index contributed by atoms with van der Waals surface area (Å²) in [5.74, 6) is 0.0850. The Bertz CT molecular complexity index is 1150. The standard InChI is InChI=1S/C24H26N4O5/c1-12-11-28-17-7-6-15(21-26-22(33-27-21)14-4-3-5-14)8-16(17)10-24(20(28)13(2)32-12)18(29)9-19(30)25-23(24)31/h6-8,12-14,20H,3-5,9-11H2,1-2H3,(H,25,30,31)/t12-,13+,20-,24-/m1/s1. The molecule has 1 aliphatic carbocycles. The molecule has 1 N–H and O–H groups in total. The number of morpholine rings is 1. The quantitative estimate of drug-likeness (QED) is 0.547. The number of amides is 2. The summed E-state index contributed by atoms with van der Waals surface area (Å²) in [4.78, 5) is 45.3. The summed E-state index contributed by atoms with van der Waals surface area (Å²) in [6, 6.07) is 5.43. The number of ether oxygens (including phenoxy) is 1. The van der Waals surface area contributed by atoms with Crippen LogP contribution in [0.4, 0.5) is 5.69 Å². The molecule has 0 bridgehead atoms. The highest BCUT2D eigenvalue weighted by Crippen LogP contribution is 2.48. The van der Waals surface area contributed by atoms with Gasteiger partial charge in [0.1, 0.15) is 5.41 Å². The number of carbonyl (C=O) groups is 3. The summed E-state index contributed by atoms with van der Waals surface area (Å²) in [6.45, 7) is 4.42. The predicted octanol–water partition coefficient (Wildman–Crippen LogP) is 2.14. The smallest absolute Gasteiger partial charge is 0.242 e. The minimum absolute atomic E-state index is 0.0652. The number of Topliss-reactive ketones (excluding diaryl/α,β-unsaturated/α-hetero) is 1. The van der Waals surface area contributed by atoms with Crippen LogP contribution in [-0.4, -0.2) is 52.5 Å². The van der Waals surface area contributed by atoms with Crippen molar-refractivity contribution in [3.05, 3.63) is 29.7 Å². The molecule has 1 spiro atoms. The molecule has 9 nitrogen and oxygen atoms in total. The summed E-state index contributed by atoms with van der Waals surface area (Å²) in [5.41, 5.74) is 1.23. The van der Waals surface area contributed by atoms with Gasteiger partial charge in [0.2, 0.25) is 23.5 Å². The van der Waals surface area contributed by atoms with Crippen molar-refractivity contribution in [2.24, 2.45) is 5.41 Å². The van der Waals surface area contributed by atoms with E-state index >= 15 is 0 Å². The van der Waals surface area contributed by atoms with Gasteiger partial charge in [0, 0.05) is 23.7 Å². The number of fused-ring (bicyclic) bond motifs is 4. The normalized spacial score (nSPS) is 31.8. The molecular weight excluding hydrogens is 424 g/mol. The molecule has 1 aromatic carbocycles. The van der Waals surface area contributed by atoms with E-state index in [-0.39, 0.29) is 30.8 Å². The average Bonchev–Trinajstić information content (AvgIpc) is 3.19. The maximum absolute atomic E-state index is 13.4. The molecule has 0 unspecified atom stereocenters. The first kappa shape index (κ1) is 20.5. The highest BCUT2D eigenvalue weighted by molar-refractivity contribution is 6.22. The van der Waals surface area contributed by atoms with E-state index < -0.39 is 23.3 Å². The van der Waals surface area contributed by atoms with Crippen LogP contribution < -0.4 is 10.2 Å². The van der Waals surface area contributed by atoms with Crippen LogP contribution in [0.1, 0.15) is 56.9 Å². The lowest BCUT2D eigenvalue weighted by atomic mass is 9.63. The Morgan fingerprint density at radius 1 is 1.18 bits per heavy atom. The zero-order chi connectivity index (χ0) is 22.9. The molecule has 1 aromatic heterocycles. The Balaban J connectivity index is 1.45. The molecule has 3 fully saturated rings. The fourth-order valence-corrected chi connectivity index (χ4v) is 5.96. The molecule has 6 rings (SSSR count). The van der Waals surface area contributed by atoms with E-state index in [1.807, 2.05) is 32.0 Å². The molecule has 1 saturated carbocycles. The first-order chi connectivity index (χ1) is 15.9. The van der Waals surface area contributed by atoms with Gasteiger partial charge in [-0.2, -0.15) is 4.98 Å². The molecule has 4 aliphatic rings. The van der Waals surface area contributed by atoms with E-state index in [0.717, 1.165) is 29.7 Å². The number of piperidine rings is 1. The van der Waals surface area contributed by atoms with Crippen molar-refractivity contribution in [3.8, 4) is 11.4 Å². The number of aromatic nitrogens is 2. The van der Waals surface area contributed by atoms with Crippen LogP contribution in [0.3, 0.4) is 0 Å². The first-order valence-electron chi connectivity index (χ1n) is 11.6. The maximum atomic E-state index is 13.4. The monoisotopic (exact) mass is 450 g/mol. The van der Waals surface area contributed by atoms with Gasteiger partial charge in [0.15, 0.2) is 5.78 Å². The summed E-state index contributed by atoms with van der Waals surface area (Å²) in [7, 11) is 0. The molecule has 2 aromatic rings. The first-order valence-corrected chi connectivity index (χ1v) is 11.6. The zero-order valence-corrected chi connectivity index (χ0v) is 18.7. The van der Waals surface area contributed by atoms with Gasteiger partial charge in [-0.1, -0.05) is 11.6 Å². The number of carbonyl (C=O) groups excluding carboxylic acids is 3. The Labute approximate surface area is 190 Å². The van der Waals surface area contributed by atoms with Crippen molar-refractivity contribution < 1.29 is 23.6 Å². The van der Waals surface area contributed by atoms with E-state index in [2.05, 4.69) is 20.4 Å². The van der Waals surface area contributed by atoms with Crippen LogP contribution in [0.2, 0.25) is 0 Å². The predicted molar refractivity (Wildman–Crippen MR) is 116 cm³/mol. The van der Waals surface area contributed by atoms with E-state index in [4.69, 9.17) is 9.26 Å². The fourth-order valence-electron chi connectivity index (χ4n) is 5.96. The topological polar surface area (TPSA) is 115 Å². The summed E-state index contributed by atoms with van der Waals surface area (Å²) in [6.07, 6.45) is 2.79. The number of hydrogen-bond donors (Lipinski definition) is 1. The van der Waals surface area contributed by atoms with Crippen LogP contribution in [0.5, 0.6) is 0 Å². The second-order valence-electron chi connectivity index (χ2n) is 9.80. The van der Waals surface area contributed by atoms with Crippen LogP contribution in [0, 0.1) is 5.41 Å². The van der Waals surface area contributed by atoms with E-state index in [1.165, 1.54) is 6.42 Å². The number of nitrogens with zero attached hydrogens (tertiary/aromatic N) is 3. The second kappa shape index (κ2) is 7.21. The number of hydrogen-bond acceptors (Lipinski definition) is 8. The van der Waals surface area contributed by atoms with Crippen molar-refractivity contribution in [1.29, 1.82) is 0 Å². The minimum Gasteiger partial charge on any atom is -0.372 e. The van der Waals surface area contributed by atoms with Crippen LogP contribution >= 0.6 is 0 Å². The number of benzene rings is 1. The van der Waals surface area contributed by atoms with Gasteiger partial charge in [-0.15, -0.1) is 0 Å². The lowest BCUT2D eigenvalue weighted by Crippen LogP contribution is -2.72. The molecule has 9 heteroatoms. The summed E-state index contributed by atoms with van der Waals surface area (Å²) >= 11 is 0. The summed E-state index contributed by atoms with van der Waals surface area (Å²) < 4.78 is 11.6. The van der Waals surface area contributed by atoms with E-state index in [1.54, 1.807) is 0 Å². The second-order valence-corrected chi connectivity index (χ2v) is 9.80. The van der Waals surface area contributed by atoms with Gasteiger partial charge >= 0.3 is 0 Å². The van der Waals surface area contributed by atoms with Crippen molar-refractivity contribution in [2.75, 3.05) is 11.4 Å². The van der Waals surface area contributed by atoms with E-state index in [0.29, 0.717) is 24.2 Å². The molecule has 4 heterocycles. The number of imide groups is 1. The zero-order valence-electron chi connectivity index (χ0n) is 18.7. The third kappa shape index (κ3) is 2.98. The van der Waals surface area contributed by atoms with Crippen LogP contribution in [-0.2, 0) is 25.5 Å². The molecule has 2 saturated heterocycles. The minimum atomic E-state index is -1.38. The van der Waals surface area contributed by atoms with Crippen molar-refractivity contribution in [3.63, 3.8) is 0 Å². The van der Waals surface area contributed by atoms with Crippen molar-refractivity contribution >= 4 is 23.3 Å². The Kier molecular flexibility index (Phi) is 4.49. The Morgan fingerprint density at radius 3 is 2.73 bits per heavy atom. The van der Waals surface area contributed by atoms with Crippen molar-refractivity contribution in [2.45, 2.75) is 70.1 Å². The van der Waals surface area contributed by atoms with E-state index in [9.17, 15) is 14.4 Å². The SMILES string of the molecule is C[C@@H]1CN2c3ccc(-c4noc(C5CCC5)n4)cc3C[C@@]3(C(=O)CC(=O)NC3=O)[C@H]2[C@H](C)O1. The molecule has 3 aliphatic heterocycles. The van der Waals surface area contributed by atoms with Gasteiger partial charge in [-0.05, 0) is 56.9 Å². The molecule has 0 radical (unpaired) electrons. The third-order valence-electron chi connectivity index (χ3n) is 7.68. The molecule has 33 heavy (non-hydrogen) atoms. The van der Waals surface area contributed by atoms with Crippen LogP contribution in [0.25, 0.3) is 11.4 Å². The van der Waals surface area contributed by atoms with Gasteiger partial charge in [0.05, 0.1) is 24.7 Å². The third-order valence-corrected chi connectivity index (χ3v) is 7.68. The lowest BCUT2D eigenvalue weighted by molar-refractivity contribution is -0.158. The molecule has 4 atom stereocenters. The number of rotatable bonds is 2. The van der Waals surface area contributed by atoms with Gasteiger partial charge in [-0.3, -0.25) is 19.7 Å². The maximum Gasteiger partial charge on any atom is 0.242 e. The molecular formula is C24H26N4O5. The highest BCUT2D eigenvalue weighted by atomic mass is 16.5. The molecule has 172 valence electrons. The van der Waals surface area contributed by atoms with Crippen LogP contribution in [0.15, 0.2) is 22.7 Å². The fraction of sp³-hybridized carbons (Fsp3) is 0.542. The molecule has 2 amide bonds. The van der Waals surface area contributed by atoms with Gasteiger partial charge in [0.25, 0.3) is 0 Å². The Hall–Kier alpha value is -3.07. The van der Waals surface area contributed by atoms with Gasteiger partial charge in [-0.25, -0.2) is 0 Å². The lowest BCUT2D eigenvalue weighted by Gasteiger charge is -2.55.